The molecule has 0 atom stereocenters. The summed E-state index contributed by atoms with van der Waals surface area (Å²) in [5.74, 6) is 1.71. The zero-order valence-electron chi connectivity index (χ0n) is 14.2. The van der Waals surface area contributed by atoms with E-state index in [1.54, 1.807) is 0 Å². The van der Waals surface area contributed by atoms with E-state index < -0.39 is 0 Å². The van der Waals surface area contributed by atoms with Crippen LogP contribution in [0.3, 0.4) is 0 Å². The molecular formula is C19H25N3O2. The summed E-state index contributed by atoms with van der Waals surface area (Å²) in [5.41, 5.74) is 1.15. The van der Waals surface area contributed by atoms with Crippen LogP contribution in [-0.4, -0.2) is 46.7 Å². The Labute approximate surface area is 143 Å². The Morgan fingerprint density at radius 1 is 1.25 bits per heavy atom. The molecule has 128 valence electrons. The number of ether oxygens (including phenoxy) is 1. The van der Waals surface area contributed by atoms with Gasteiger partial charge in [0.1, 0.15) is 12.4 Å². The maximum absolute atomic E-state index is 12.0. The number of nitrogens with zero attached hydrogens (tertiary/aromatic N) is 3. The van der Waals surface area contributed by atoms with Crippen LogP contribution in [-0.2, 0) is 16.1 Å². The molecule has 1 aromatic carbocycles. The van der Waals surface area contributed by atoms with Crippen LogP contribution in [0.4, 0.5) is 0 Å². The summed E-state index contributed by atoms with van der Waals surface area (Å²) in [6.07, 6.45) is 5.98. The van der Waals surface area contributed by atoms with Crippen molar-refractivity contribution in [2.75, 3.05) is 26.3 Å². The van der Waals surface area contributed by atoms with Gasteiger partial charge in [-0.25, -0.2) is 4.98 Å². The Bertz CT molecular complexity index is 646. The van der Waals surface area contributed by atoms with Gasteiger partial charge in [0.25, 0.3) is 0 Å². The van der Waals surface area contributed by atoms with Crippen LogP contribution >= 0.6 is 0 Å². The summed E-state index contributed by atoms with van der Waals surface area (Å²) >= 11 is 0. The van der Waals surface area contributed by atoms with Gasteiger partial charge in [0.15, 0.2) is 0 Å². The van der Waals surface area contributed by atoms with Crippen molar-refractivity contribution < 1.29 is 9.53 Å². The lowest BCUT2D eigenvalue weighted by Crippen LogP contribution is -2.41. The lowest BCUT2D eigenvalue weighted by atomic mass is 9.96. The molecule has 1 amide bonds. The van der Waals surface area contributed by atoms with Gasteiger partial charge in [-0.15, -0.1) is 0 Å². The highest BCUT2D eigenvalue weighted by molar-refractivity contribution is 5.77. The molecule has 0 aliphatic carbocycles. The standard InChI is InChI=1S/C19H25N3O2/c1-2-24-15-18(23)21-11-8-16(9-12-21)14-22-13-10-20-19(22)17-6-4-3-5-7-17/h3-7,10,13,16H,2,8-9,11-12,14-15H2,1H3. The Morgan fingerprint density at radius 2 is 2.00 bits per heavy atom. The summed E-state index contributed by atoms with van der Waals surface area (Å²) < 4.78 is 7.46. The molecule has 3 rings (SSSR count). The van der Waals surface area contributed by atoms with Gasteiger partial charge < -0.3 is 14.2 Å². The fourth-order valence-corrected chi connectivity index (χ4v) is 3.23. The van der Waals surface area contributed by atoms with E-state index in [9.17, 15) is 4.79 Å². The predicted molar refractivity (Wildman–Crippen MR) is 93.5 cm³/mol. The third kappa shape index (κ3) is 4.03. The van der Waals surface area contributed by atoms with E-state index in [4.69, 9.17) is 4.74 Å². The van der Waals surface area contributed by atoms with Crippen LogP contribution in [0.5, 0.6) is 0 Å². The first kappa shape index (κ1) is 16.7. The van der Waals surface area contributed by atoms with Gasteiger partial charge in [-0.05, 0) is 25.7 Å². The van der Waals surface area contributed by atoms with Gasteiger partial charge in [-0.1, -0.05) is 30.3 Å². The third-order valence-corrected chi connectivity index (χ3v) is 4.60. The lowest BCUT2D eigenvalue weighted by Gasteiger charge is -2.32. The average molecular weight is 327 g/mol. The number of rotatable bonds is 6. The molecule has 1 saturated heterocycles. The molecule has 5 nitrogen and oxygen atoms in total. The largest absolute Gasteiger partial charge is 0.372 e. The molecule has 2 heterocycles. The number of imidazole rings is 1. The number of aromatic nitrogens is 2. The first-order valence-corrected chi connectivity index (χ1v) is 8.70. The maximum atomic E-state index is 12.0. The van der Waals surface area contributed by atoms with Gasteiger partial charge in [-0.3, -0.25) is 4.79 Å². The van der Waals surface area contributed by atoms with E-state index in [0.29, 0.717) is 12.5 Å². The van der Waals surface area contributed by atoms with Gasteiger partial charge in [-0.2, -0.15) is 0 Å². The number of carbonyl (C=O) groups is 1. The Balaban J connectivity index is 1.56. The Hall–Kier alpha value is -2.14. The van der Waals surface area contributed by atoms with Crippen molar-refractivity contribution in [3.8, 4) is 11.4 Å². The van der Waals surface area contributed by atoms with Crippen molar-refractivity contribution in [1.29, 1.82) is 0 Å². The minimum Gasteiger partial charge on any atom is -0.372 e. The second kappa shape index (κ2) is 8.11. The molecule has 2 aromatic rings. The second-order valence-corrected chi connectivity index (χ2v) is 6.23. The number of carbonyl (C=O) groups excluding carboxylic acids is 1. The van der Waals surface area contributed by atoms with Gasteiger partial charge >= 0.3 is 0 Å². The number of amides is 1. The van der Waals surface area contributed by atoms with Crippen molar-refractivity contribution in [2.24, 2.45) is 5.92 Å². The van der Waals surface area contributed by atoms with E-state index in [2.05, 4.69) is 27.9 Å². The number of piperidine rings is 1. The molecule has 1 aliphatic rings. The van der Waals surface area contributed by atoms with Crippen LogP contribution in [0.25, 0.3) is 11.4 Å². The molecule has 5 heteroatoms. The highest BCUT2D eigenvalue weighted by Crippen LogP contribution is 2.23. The number of hydrogen-bond donors (Lipinski definition) is 0. The smallest absolute Gasteiger partial charge is 0.248 e. The van der Waals surface area contributed by atoms with Crippen LogP contribution in [0.1, 0.15) is 19.8 Å². The first-order chi connectivity index (χ1) is 11.8. The van der Waals surface area contributed by atoms with Crippen LogP contribution in [0.15, 0.2) is 42.7 Å². The number of hydrogen-bond acceptors (Lipinski definition) is 3. The summed E-state index contributed by atoms with van der Waals surface area (Å²) in [4.78, 5) is 18.4. The minimum atomic E-state index is 0.114. The molecule has 0 radical (unpaired) electrons. The van der Waals surface area contributed by atoms with Gasteiger partial charge in [0.2, 0.25) is 5.91 Å². The van der Waals surface area contributed by atoms with Crippen LogP contribution in [0.2, 0.25) is 0 Å². The molecule has 24 heavy (non-hydrogen) atoms. The maximum Gasteiger partial charge on any atom is 0.248 e. The summed E-state index contributed by atoms with van der Waals surface area (Å²) in [6, 6.07) is 10.3. The van der Waals surface area contributed by atoms with E-state index in [1.165, 1.54) is 0 Å². The summed E-state index contributed by atoms with van der Waals surface area (Å²) in [6.45, 7) is 5.32. The van der Waals surface area contributed by atoms with Crippen molar-refractivity contribution in [1.82, 2.24) is 14.5 Å². The SMILES string of the molecule is CCOCC(=O)N1CCC(Cn2ccnc2-c2ccccc2)CC1. The van der Waals surface area contributed by atoms with Crippen molar-refractivity contribution in [3.63, 3.8) is 0 Å². The van der Waals surface area contributed by atoms with E-state index in [1.807, 2.05) is 36.2 Å². The summed E-state index contributed by atoms with van der Waals surface area (Å²) in [5, 5.41) is 0. The molecular weight excluding hydrogens is 302 g/mol. The molecule has 0 spiro atoms. The highest BCUT2D eigenvalue weighted by Gasteiger charge is 2.23. The fraction of sp³-hybridized carbons (Fsp3) is 0.474. The van der Waals surface area contributed by atoms with E-state index in [-0.39, 0.29) is 12.5 Å². The average Bonchev–Trinajstić information content (AvgIpc) is 3.09. The monoisotopic (exact) mass is 327 g/mol. The second-order valence-electron chi connectivity index (χ2n) is 6.23. The van der Waals surface area contributed by atoms with Gasteiger partial charge in [0, 0.05) is 44.2 Å². The number of benzene rings is 1. The van der Waals surface area contributed by atoms with Crippen molar-refractivity contribution in [3.05, 3.63) is 42.7 Å². The Morgan fingerprint density at radius 3 is 2.71 bits per heavy atom. The molecule has 1 fully saturated rings. The topological polar surface area (TPSA) is 47.4 Å². The Kier molecular flexibility index (Phi) is 5.64. The highest BCUT2D eigenvalue weighted by atomic mass is 16.5. The molecule has 0 saturated carbocycles. The first-order valence-electron chi connectivity index (χ1n) is 8.70. The normalized spacial score (nSPS) is 15.6. The van der Waals surface area contributed by atoms with Crippen molar-refractivity contribution in [2.45, 2.75) is 26.3 Å². The van der Waals surface area contributed by atoms with Crippen molar-refractivity contribution >= 4 is 5.91 Å². The van der Waals surface area contributed by atoms with E-state index in [0.717, 1.165) is 43.9 Å². The lowest BCUT2D eigenvalue weighted by molar-refractivity contribution is -0.137. The van der Waals surface area contributed by atoms with Crippen LogP contribution in [0, 0.1) is 5.92 Å². The summed E-state index contributed by atoms with van der Waals surface area (Å²) in [7, 11) is 0. The molecule has 0 N–H and O–H groups in total. The molecule has 1 aliphatic heterocycles. The molecule has 0 unspecified atom stereocenters. The fourth-order valence-electron chi connectivity index (χ4n) is 3.23. The predicted octanol–water partition coefficient (Wildman–Crippen LogP) is 2.83. The molecule has 1 aromatic heterocycles. The zero-order valence-corrected chi connectivity index (χ0v) is 14.2. The van der Waals surface area contributed by atoms with Gasteiger partial charge in [0.05, 0.1) is 0 Å². The van der Waals surface area contributed by atoms with E-state index >= 15 is 0 Å². The molecule has 0 bridgehead atoms. The zero-order chi connectivity index (χ0) is 16.8. The third-order valence-electron chi connectivity index (χ3n) is 4.60. The quantitative estimate of drug-likeness (QED) is 0.820. The van der Waals surface area contributed by atoms with Crippen LogP contribution < -0.4 is 0 Å². The minimum absolute atomic E-state index is 0.114. The number of likely N-dealkylation sites (tertiary alicyclic amines) is 1.